The number of hydrogen-bond donors (Lipinski definition) is 1. The van der Waals surface area contributed by atoms with E-state index in [0.717, 1.165) is 11.3 Å². The number of esters is 1. The van der Waals surface area contributed by atoms with Crippen molar-refractivity contribution in [1.29, 1.82) is 0 Å². The van der Waals surface area contributed by atoms with Gasteiger partial charge in [0.05, 0.1) is 27.9 Å². The molecule has 0 radical (unpaired) electrons. The molecule has 1 heterocycles. The highest BCUT2D eigenvalue weighted by molar-refractivity contribution is 7.18. The number of amides is 1. The zero-order valence-electron chi connectivity index (χ0n) is 15.0. The van der Waals surface area contributed by atoms with Gasteiger partial charge in [0.25, 0.3) is 5.91 Å². The second kappa shape index (κ2) is 10.1. The number of para-hydroxylation sites is 2. The van der Waals surface area contributed by atoms with Crippen LogP contribution in [0.3, 0.4) is 0 Å². The highest BCUT2D eigenvalue weighted by Gasteiger charge is 2.20. The molecule has 144 valence electrons. The highest BCUT2D eigenvalue weighted by Crippen LogP contribution is 2.24. The van der Waals surface area contributed by atoms with Crippen LogP contribution in [0.1, 0.15) is 36.4 Å². The highest BCUT2D eigenvalue weighted by atomic mass is 35.5. The van der Waals surface area contributed by atoms with Crippen molar-refractivity contribution >= 4 is 46.3 Å². The lowest BCUT2D eigenvalue weighted by Crippen LogP contribution is -2.30. The summed E-state index contributed by atoms with van der Waals surface area (Å²) >= 11 is 6.95. The Labute approximate surface area is 166 Å². The quantitative estimate of drug-likeness (QED) is 0.492. The van der Waals surface area contributed by atoms with E-state index in [1.807, 2.05) is 6.92 Å². The minimum atomic E-state index is -1.00. The number of nitrogens with one attached hydrogen (secondary N) is 1. The second-order valence-electron chi connectivity index (χ2n) is 5.58. The average molecular weight is 410 g/mol. The number of halogens is 1. The molecule has 1 aromatic heterocycles. The predicted octanol–water partition coefficient (Wildman–Crippen LogP) is 4.33. The molecule has 0 fully saturated rings. The number of thiophene rings is 1. The molecular weight excluding hydrogens is 390 g/mol. The maximum Gasteiger partial charge on any atom is 0.307 e. The first-order valence-electron chi connectivity index (χ1n) is 8.41. The summed E-state index contributed by atoms with van der Waals surface area (Å²) in [6.45, 7) is 3.77. The van der Waals surface area contributed by atoms with E-state index < -0.39 is 18.0 Å². The van der Waals surface area contributed by atoms with E-state index in [2.05, 4.69) is 5.32 Å². The maximum atomic E-state index is 12.2. The fourth-order valence-electron chi connectivity index (χ4n) is 2.20. The normalized spacial score (nSPS) is 11.5. The van der Waals surface area contributed by atoms with Gasteiger partial charge in [0.15, 0.2) is 11.9 Å². The van der Waals surface area contributed by atoms with Crippen LogP contribution in [0.4, 0.5) is 5.69 Å². The third-order valence-electron chi connectivity index (χ3n) is 3.53. The van der Waals surface area contributed by atoms with E-state index in [1.54, 1.807) is 36.4 Å². The molecule has 0 saturated carbocycles. The smallest absolute Gasteiger partial charge is 0.307 e. The lowest BCUT2D eigenvalue weighted by Gasteiger charge is -2.15. The molecule has 1 aromatic carbocycles. The van der Waals surface area contributed by atoms with Crippen molar-refractivity contribution in [3.05, 3.63) is 45.6 Å². The van der Waals surface area contributed by atoms with E-state index in [1.165, 1.54) is 6.92 Å². The minimum Gasteiger partial charge on any atom is -0.492 e. The Hall–Kier alpha value is -2.38. The molecule has 0 bridgehead atoms. The van der Waals surface area contributed by atoms with Gasteiger partial charge in [-0.1, -0.05) is 23.7 Å². The first-order valence-corrected chi connectivity index (χ1v) is 9.60. The molecule has 0 aliphatic carbocycles. The number of ether oxygens (including phenoxy) is 2. The van der Waals surface area contributed by atoms with Crippen molar-refractivity contribution in [2.24, 2.45) is 0 Å². The largest absolute Gasteiger partial charge is 0.492 e. The van der Waals surface area contributed by atoms with E-state index in [9.17, 15) is 14.4 Å². The third-order valence-corrected chi connectivity index (χ3v) is 4.80. The monoisotopic (exact) mass is 409 g/mol. The fourth-order valence-corrected chi connectivity index (χ4v) is 3.21. The summed E-state index contributed by atoms with van der Waals surface area (Å²) in [6.07, 6.45) is -1.11. The fraction of sp³-hybridized carbons (Fsp3) is 0.316. The maximum absolute atomic E-state index is 12.2. The Kier molecular flexibility index (Phi) is 7.82. The molecule has 2 rings (SSSR count). The standard InChI is InChI=1S/C19H20ClNO5S/c1-3-25-15-7-5-4-6-13(15)21-19(24)12(2)26-18(23)11-8-14(22)16-9-10-17(20)27-16/h4-7,9-10,12H,3,8,11H2,1-2H3,(H,21,24)/t12-/m0/s1. The van der Waals surface area contributed by atoms with Crippen LogP contribution in [0.25, 0.3) is 0 Å². The van der Waals surface area contributed by atoms with E-state index in [-0.39, 0.29) is 18.6 Å². The van der Waals surface area contributed by atoms with Crippen LogP contribution in [0.2, 0.25) is 4.34 Å². The first-order chi connectivity index (χ1) is 12.9. The number of benzene rings is 1. The van der Waals surface area contributed by atoms with Crippen molar-refractivity contribution in [3.8, 4) is 5.75 Å². The molecule has 0 spiro atoms. The summed E-state index contributed by atoms with van der Waals surface area (Å²) in [6, 6.07) is 10.2. The van der Waals surface area contributed by atoms with Gasteiger partial charge in [-0.2, -0.15) is 0 Å². The van der Waals surface area contributed by atoms with Crippen LogP contribution in [0.15, 0.2) is 36.4 Å². The lowest BCUT2D eigenvalue weighted by molar-refractivity contribution is -0.153. The van der Waals surface area contributed by atoms with Gasteiger partial charge in [0.1, 0.15) is 5.75 Å². The zero-order chi connectivity index (χ0) is 19.8. The van der Waals surface area contributed by atoms with Crippen LogP contribution < -0.4 is 10.1 Å². The summed E-state index contributed by atoms with van der Waals surface area (Å²) in [5.41, 5.74) is 0.497. The Balaban J connectivity index is 1.83. The van der Waals surface area contributed by atoms with Crippen molar-refractivity contribution in [2.45, 2.75) is 32.8 Å². The van der Waals surface area contributed by atoms with Gasteiger partial charge < -0.3 is 14.8 Å². The third kappa shape index (κ3) is 6.37. The zero-order valence-corrected chi connectivity index (χ0v) is 16.6. The van der Waals surface area contributed by atoms with Crippen molar-refractivity contribution in [3.63, 3.8) is 0 Å². The van der Waals surface area contributed by atoms with E-state index in [0.29, 0.717) is 27.3 Å². The van der Waals surface area contributed by atoms with Gasteiger partial charge >= 0.3 is 5.97 Å². The van der Waals surface area contributed by atoms with Crippen molar-refractivity contribution in [1.82, 2.24) is 0 Å². The van der Waals surface area contributed by atoms with Gasteiger partial charge in [0.2, 0.25) is 0 Å². The molecule has 8 heteroatoms. The first kappa shape index (κ1) is 20.9. The molecule has 0 aliphatic heterocycles. The van der Waals surface area contributed by atoms with Gasteiger partial charge in [-0.05, 0) is 38.1 Å². The average Bonchev–Trinajstić information content (AvgIpc) is 3.08. The topological polar surface area (TPSA) is 81.7 Å². The molecule has 0 unspecified atom stereocenters. The Morgan fingerprint density at radius 1 is 1.15 bits per heavy atom. The number of ketones is 1. The second-order valence-corrected chi connectivity index (χ2v) is 7.29. The van der Waals surface area contributed by atoms with Gasteiger partial charge in [-0.3, -0.25) is 14.4 Å². The molecule has 1 amide bonds. The molecule has 2 aromatic rings. The van der Waals surface area contributed by atoms with E-state index >= 15 is 0 Å². The summed E-state index contributed by atoms with van der Waals surface area (Å²) in [7, 11) is 0. The van der Waals surface area contributed by atoms with E-state index in [4.69, 9.17) is 21.1 Å². The molecule has 0 saturated heterocycles. The van der Waals surface area contributed by atoms with Crippen LogP contribution in [-0.4, -0.2) is 30.4 Å². The van der Waals surface area contributed by atoms with Crippen LogP contribution in [0, 0.1) is 0 Å². The van der Waals surface area contributed by atoms with Crippen LogP contribution >= 0.6 is 22.9 Å². The minimum absolute atomic E-state index is 0.00279. The number of hydrogen-bond acceptors (Lipinski definition) is 6. The van der Waals surface area contributed by atoms with Gasteiger partial charge in [-0.25, -0.2) is 0 Å². The number of carbonyl (C=O) groups excluding carboxylic acids is 3. The SMILES string of the molecule is CCOc1ccccc1NC(=O)[C@H](C)OC(=O)CCC(=O)c1ccc(Cl)s1. The van der Waals surface area contributed by atoms with Crippen molar-refractivity contribution in [2.75, 3.05) is 11.9 Å². The molecule has 6 nitrogen and oxygen atoms in total. The Morgan fingerprint density at radius 2 is 1.89 bits per heavy atom. The Bertz CT molecular complexity index is 820. The molecular formula is C19H20ClNO5S. The molecule has 1 N–H and O–H groups in total. The summed E-state index contributed by atoms with van der Waals surface area (Å²) < 4.78 is 11.1. The number of Topliss-reactive ketones (excluding diaryl/α,β-unsaturated/α-hetero) is 1. The Morgan fingerprint density at radius 3 is 2.56 bits per heavy atom. The molecule has 0 aliphatic rings. The van der Waals surface area contributed by atoms with Crippen molar-refractivity contribution < 1.29 is 23.9 Å². The molecule has 27 heavy (non-hydrogen) atoms. The number of carbonyl (C=O) groups is 3. The van der Waals surface area contributed by atoms with Crippen LogP contribution in [-0.2, 0) is 14.3 Å². The van der Waals surface area contributed by atoms with Gasteiger partial charge in [0, 0.05) is 6.42 Å². The number of anilines is 1. The summed E-state index contributed by atoms with van der Waals surface area (Å²) in [5, 5.41) is 2.67. The summed E-state index contributed by atoms with van der Waals surface area (Å²) in [5.74, 6) is -0.753. The predicted molar refractivity (Wildman–Crippen MR) is 105 cm³/mol. The van der Waals surface area contributed by atoms with Crippen LogP contribution in [0.5, 0.6) is 5.75 Å². The number of rotatable bonds is 9. The van der Waals surface area contributed by atoms with Gasteiger partial charge in [-0.15, -0.1) is 11.3 Å². The molecule has 1 atom stereocenters. The lowest BCUT2D eigenvalue weighted by atomic mass is 10.2. The summed E-state index contributed by atoms with van der Waals surface area (Å²) in [4.78, 5) is 36.6.